The average molecular weight is 467 g/mol. The summed E-state index contributed by atoms with van der Waals surface area (Å²) in [6, 6.07) is 1.63. The number of fused-ring (bicyclic) bond motifs is 1. The first-order chi connectivity index (χ1) is 12.4. The van der Waals surface area contributed by atoms with Gasteiger partial charge in [-0.1, -0.05) is 25.0 Å². The second-order valence-corrected chi connectivity index (χ2v) is 8.05. The molecule has 0 amide bonds. The van der Waals surface area contributed by atoms with Gasteiger partial charge in [0.05, 0.1) is 16.1 Å². The number of ether oxygens (including phenoxy) is 1. The molecule has 0 spiro atoms. The topological polar surface area (TPSA) is 55.3 Å². The predicted octanol–water partition coefficient (Wildman–Crippen LogP) is 2.23. The Labute approximate surface area is 191 Å². The molecule has 0 fully saturated rings. The zero-order valence-corrected chi connectivity index (χ0v) is 19.4. The maximum Gasteiger partial charge on any atom is 1.00 e. The molecule has 1 atom stereocenters. The van der Waals surface area contributed by atoms with E-state index in [9.17, 15) is 9.18 Å². The van der Waals surface area contributed by atoms with Gasteiger partial charge in [-0.3, -0.25) is 0 Å². The minimum Gasteiger partial charge on any atom is -0.649 e. The fourth-order valence-corrected chi connectivity index (χ4v) is 2.75. The van der Waals surface area contributed by atoms with Gasteiger partial charge < -0.3 is 28.3 Å². The Morgan fingerprint density at radius 1 is 1.43 bits per heavy atom. The van der Waals surface area contributed by atoms with Crippen molar-refractivity contribution < 1.29 is 32.8 Å². The number of rotatable bonds is 4. The number of nitrogens with zero attached hydrogens (tertiary/aromatic N) is 3. The summed E-state index contributed by atoms with van der Waals surface area (Å²) in [5, 5.41) is 1.23. The maximum atomic E-state index is 13.7. The number of hydrogen-bond donors (Lipinski definition) is 0. The smallest absolute Gasteiger partial charge is 0.649 e. The molecule has 0 unspecified atom stereocenters. The molecule has 2 rings (SSSR count). The van der Waals surface area contributed by atoms with Crippen molar-refractivity contribution in [2.45, 2.75) is 46.3 Å². The fourth-order valence-electron chi connectivity index (χ4n) is 2.20. The third-order valence-electron chi connectivity index (χ3n) is 3.46. The molecular formula is C19H23BrClFLiN3O2-2. The van der Waals surface area contributed by atoms with Gasteiger partial charge >= 0.3 is 24.9 Å². The quantitative estimate of drug-likeness (QED) is 0.393. The van der Waals surface area contributed by atoms with Crippen LogP contribution in [0.15, 0.2) is 10.5 Å². The summed E-state index contributed by atoms with van der Waals surface area (Å²) >= 11 is 9.57. The molecule has 0 aliphatic heterocycles. The molecular weight excluding hydrogens is 444 g/mol. The van der Waals surface area contributed by atoms with Gasteiger partial charge in [-0.2, -0.15) is 9.37 Å². The van der Waals surface area contributed by atoms with E-state index >= 15 is 0 Å². The average Bonchev–Trinajstić information content (AvgIpc) is 2.53. The van der Waals surface area contributed by atoms with E-state index in [-0.39, 0.29) is 30.5 Å². The van der Waals surface area contributed by atoms with Gasteiger partial charge in [-0.25, -0.2) is 4.98 Å². The van der Waals surface area contributed by atoms with Crippen molar-refractivity contribution in [2.75, 3.05) is 11.4 Å². The van der Waals surface area contributed by atoms with Gasteiger partial charge in [0, 0.05) is 9.86 Å². The fraction of sp³-hybridized carbons (Fsp3) is 0.421. The second-order valence-electron chi connectivity index (χ2n) is 6.85. The first kappa shape index (κ1) is 27.1. The number of aromatic nitrogens is 2. The number of carbonyl (C=O) groups excluding carboxylic acids is 1. The molecule has 0 saturated carbocycles. The Hall–Kier alpha value is -0.873. The van der Waals surface area contributed by atoms with Crippen LogP contribution in [0, 0.1) is 26.8 Å². The van der Waals surface area contributed by atoms with E-state index in [1.165, 1.54) is 6.47 Å². The Kier molecular flexibility index (Phi) is 11.0. The molecule has 1 aromatic heterocycles. The Balaban J connectivity index is 0.000000786. The number of hydrogen-bond acceptors (Lipinski definition) is 5. The van der Waals surface area contributed by atoms with Crippen molar-refractivity contribution in [1.29, 1.82) is 0 Å². The van der Waals surface area contributed by atoms with Crippen LogP contribution < -0.4 is 23.8 Å². The molecule has 1 heterocycles. The molecule has 28 heavy (non-hydrogen) atoms. The molecule has 0 aliphatic rings. The predicted molar refractivity (Wildman–Crippen MR) is 111 cm³/mol. The van der Waals surface area contributed by atoms with Crippen LogP contribution in [0.4, 0.5) is 10.2 Å². The van der Waals surface area contributed by atoms with E-state index in [4.69, 9.17) is 11.6 Å². The van der Waals surface area contributed by atoms with Gasteiger partial charge in [0.25, 0.3) is 0 Å². The van der Waals surface area contributed by atoms with E-state index in [0.29, 0.717) is 32.8 Å². The summed E-state index contributed by atoms with van der Waals surface area (Å²) in [6.45, 7) is 18.7. The van der Waals surface area contributed by atoms with Gasteiger partial charge in [-0.05, 0) is 55.3 Å². The summed E-state index contributed by atoms with van der Waals surface area (Å²) in [7, 11) is 0. The van der Waals surface area contributed by atoms with E-state index in [1.807, 2.05) is 13.8 Å². The molecule has 0 aliphatic carbocycles. The van der Waals surface area contributed by atoms with Crippen LogP contribution in [0.25, 0.3) is 10.9 Å². The van der Waals surface area contributed by atoms with Crippen molar-refractivity contribution in [3.63, 3.8) is 0 Å². The Morgan fingerprint density at radius 3 is 2.39 bits per heavy atom. The van der Waals surface area contributed by atoms with Crippen molar-refractivity contribution in [3.8, 4) is 0 Å². The Bertz CT molecular complexity index is 816. The third kappa shape index (κ3) is 7.18. The molecule has 150 valence electrons. The SMILES string of the molecule is CC(C)(C)O[C-]=O.[CH2-]CN(c1nc(F)nc2c(C)c(Br)c(Cl)cc12)[C@H]([CH2-])C.[Li+]. The van der Waals surface area contributed by atoms with Gasteiger partial charge in [0.1, 0.15) is 5.82 Å². The standard InChI is InChI=1S/C14H14BrClFN3.C5H9O2.Li/c1-5-20(7(2)3)13-9-6-10(16)11(15)8(4)12(9)18-14(17)19-13;1-5(2,3)7-4-6;/h6-7H,1-2,5H2,3-4H3;1-3H3;/q-2;-1;+1/t7-;;/m1../s1. The van der Waals surface area contributed by atoms with Crippen LogP contribution in [-0.2, 0) is 9.53 Å². The maximum absolute atomic E-state index is 13.7. The first-order valence-electron chi connectivity index (χ1n) is 8.18. The van der Waals surface area contributed by atoms with E-state index in [2.05, 4.69) is 44.5 Å². The van der Waals surface area contributed by atoms with Crippen molar-refractivity contribution in [2.24, 2.45) is 0 Å². The third-order valence-corrected chi connectivity index (χ3v) is 5.00. The Morgan fingerprint density at radius 2 is 2.00 bits per heavy atom. The van der Waals surface area contributed by atoms with Crippen LogP contribution in [0.3, 0.4) is 0 Å². The normalized spacial score (nSPS) is 11.8. The van der Waals surface area contributed by atoms with Crippen molar-refractivity contribution in [3.05, 3.63) is 41.1 Å². The van der Waals surface area contributed by atoms with Crippen molar-refractivity contribution >= 4 is 50.7 Å². The summed E-state index contributed by atoms with van der Waals surface area (Å²) in [5.74, 6) is 0.461. The molecule has 9 heteroatoms. The molecule has 0 N–H and O–H groups in total. The van der Waals surface area contributed by atoms with Crippen LogP contribution in [-0.4, -0.2) is 34.6 Å². The summed E-state index contributed by atoms with van der Waals surface area (Å²) in [6.07, 6.45) is -0.774. The van der Waals surface area contributed by atoms with Crippen LogP contribution in [0.1, 0.15) is 33.3 Å². The summed E-state index contributed by atoms with van der Waals surface area (Å²) in [4.78, 5) is 19.1. The van der Waals surface area contributed by atoms with Crippen LogP contribution in [0.5, 0.6) is 0 Å². The molecule has 1 aromatic carbocycles. The van der Waals surface area contributed by atoms with Crippen LogP contribution in [0.2, 0.25) is 5.02 Å². The minimum absolute atomic E-state index is 0. The number of aryl methyl sites for hydroxylation is 1. The molecule has 0 saturated heterocycles. The van der Waals surface area contributed by atoms with E-state index in [1.54, 1.807) is 31.7 Å². The molecule has 5 nitrogen and oxygen atoms in total. The van der Waals surface area contributed by atoms with Gasteiger partial charge in [0.2, 0.25) is 0 Å². The zero-order valence-electron chi connectivity index (χ0n) is 17.1. The second kappa shape index (κ2) is 11.3. The summed E-state index contributed by atoms with van der Waals surface area (Å²) < 4.78 is 18.9. The van der Waals surface area contributed by atoms with E-state index in [0.717, 1.165) is 5.56 Å². The number of benzene rings is 1. The van der Waals surface area contributed by atoms with Crippen molar-refractivity contribution in [1.82, 2.24) is 9.97 Å². The molecule has 0 radical (unpaired) electrons. The van der Waals surface area contributed by atoms with Crippen LogP contribution >= 0.6 is 27.5 Å². The van der Waals surface area contributed by atoms with Gasteiger partial charge in [0.15, 0.2) is 0 Å². The monoisotopic (exact) mass is 465 g/mol. The number of anilines is 1. The molecule has 0 bridgehead atoms. The molecule has 2 aromatic rings. The summed E-state index contributed by atoms with van der Waals surface area (Å²) in [5.41, 5.74) is 0.931. The minimum atomic E-state index is -0.774. The zero-order chi connectivity index (χ0) is 20.9. The largest absolute Gasteiger partial charge is 1.00 e. The number of halogens is 3. The first-order valence-corrected chi connectivity index (χ1v) is 9.36. The van der Waals surface area contributed by atoms with Gasteiger partial charge in [-0.15, -0.1) is 12.6 Å². The van der Waals surface area contributed by atoms with E-state index < -0.39 is 6.08 Å².